The first kappa shape index (κ1) is 19.1. The summed E-state index contributed by atoms with van der Waals surface area (Å²) in [6.07, 6.45) is 3.84. The molecule has 3 aromatic carbocycles. The summed E-state index contributed by atoms with van der Waals surface area (Å²) in [7, 11) is 0. The summed E-state index contributed by atoms with van der Waals surface area (Å²) in [6.45, 7) is 0. The number of H-pyrrole nitrogens is 1. The van der Waals surface area contributed by atoms with E-state index in [4.69, 9.17) is 0 Å². The normalized spacial score (nSPS) is 11.1. The average molecular weight is 406 g/mol. The number of nitrogens with one attached hydrogen (secondary N) is 2. The molecule has 152 valence electrons. The summed E-state index contributed by atoms with van der Waals surface area (Å²) in [6, 6.07) is 28.3. The van der Waals surface area contributed by atoms with E-state index in [1.807, 2.05) is 60.8 Å². The quantitative estimate of drug-likeness (QED) is 0.346. The summed E-state index contributed by atoms with van der Waals surface area (Å²) in [4.78, 5) is 20.7. The van der Waals surface area contributed by atoms with Crippen LogP contribution in [0.1, 0.15) is 18.4 Å². The molecule has 4 nitrogen and oxygen atoms in total. The highest BCUT2D eigenvalue weighted by atomic mass is 16.1. The van der Waals surface area contributed by atoms with Crippen molar-refractivity contribution in [3.63, 3.8) is 0 Å². The van der Waals surface area contributed by atoms with Crippen molar-refractivity contribution in [2.24, 2.45) is 0 Å². The molecular weight excluding hydrogens is 382 g/mol. The number of rotatable bonds is 6. The minimum absolute atomic E-state index is 0.0376. The Morgan fingerprint density at radius 2 is 1.61 bits per heavy atom. The first-order valence-electron chi connectivity index (χ1n) is 10.6. The van der Waals surface area contributed by atoms with Gasteiger partial charge in [0.2, 0.25) is 5.91 Å². The Balaban J connectivity index is 1.33. The second-order valence-corrected chi connectivity index (χ2v) is 7.67. The smallest absolute Gasteiger partial charge is 0.224 e. The van der Waals surface area contributed by atoms with Crippen molar-refractivity contribution in [1.29, 1.82) is 0 Å². The Kier molecular flexibility index (Phi) is 5.19. The SMILES string of the molecule is O=C(CCCc1c(-c2ccccn2)[nH]c2ccccc12)Nc1cccc2ccccc12. The van der Waals surface area contributed by atoms with Crippen LogP contribution in [-0.2, 0) is 11.2 Å². The zero-order chi connectivity index (χ0) is 21.0. The Morgan fingerprint density at radius 1 is 0.839 bits per heavy atom. The standard InChI is InChI=1S/C27H23N3O/c31-26(29-23-16-7-10-19-9-1-2-11-20(19)23)17-8-13-22-21-12-3-4-14-24(21)30-27(22)25-15-5-6-18-28-25/h1-7,9-12,14-16,18,30H,8,13,17H2,(H,29,31). The van der Waals surface area contributed by atoms with Gasteiger partial charge >= 0.3 is 0 Å². The van der Waals surface area contributed by atoms with Crippen LogP contribution in [0.2, 0.25) is 0 Å². The van der Waals surface area contributed by atoms with Crippen molar-refractivity contribution in [2.75, 3.05) is 5.32 Å². The molecule has 0 atom stereocenters. The number of hydrogen-bond donors (Lipinski definition) is 2. The highest BCUT2D eigenvalue weighted by Gasteiger charge is 2.14. The zero-order valence-electron chi connectivity index (χ0n) is 17.1. The van der Waals surface area contributed by atoms with Crippen molar-refractivity contribution in [1.82, 2.24) is 9.97 Å². The third-order valence-electron chi connectivity index (χ3n) is 5.63. The molecule has 2 heterocycles. The molecule has 5 rings (SSSR count). The maximum Gasteiger partial charge on any atom is 0.224 e. The summed E-state index contributed by atoms with van der Waals surface area (Å²) < 4.78 is 0. The summed E-state index contributed by atoms with van der Waals surface area (Å²) >= 11 is 0. The van der Waals surface area contributed by atoms with Crippen LogP contribution in [-0.4, -0.2) is 15.9 Å². The molecule has 2 aromatic heterocycles. The number of nitrogens with zero attached hydrogens (tertiary/aromatic N) is 1. The van der Waals surface area contributed by atoms with Gasteiger partial charge in [-0.05, 0) is 48.1 Å². The molecule has 0 aliphatic carbocycles. The molecule has 31 heavy (non-hydrogen) atoms. The maximum atomic E-state index is 12.7. The van der Waals surface area contributed by atoms with Gasteiger partial charge in [-0.15, -0.1) is 0 Å². The lowest BCUT2D eigenvalue weighted by molar-refractivity contribution is -0.116. The molecule has 0 saturated carbocycles. The molecule has 5 aromatic rings. The number of pyridine rings is 1. The van der Waals surface area contributed by atoms with Crippen LogP contribution in [0.5, 0.6) is 0 Å². The highest BCUT2D eigenvalue weighted by Crippen LogP contribution is 2.30. The van der Waals surface area contributed by atoms with Crippen LogP contribution < -0.4 is 5.32 Å². The Labute approximate surface area is 181 Å². The lowest BCUT2D eigenvalue weighted by Gasteiger charge is -2.09. The third-order valence-corrected chi connectivity index (χ3v) is 5.63. The number of anilines is 1. The Morgan fingerprint density at radius 3 is 2.48 bits per heavy atom. The number of amides is 1. The molecular formula is C27H23N3O. The third kappa shape index (κ3) is 3.92. The molecule has 0 aliphatic rings. The van der Waals surface area contributed by atoms with Crippen LogP contribution in [0, 0.1) is 0 Å². The molecule has 0 saturated heterocycles. The second kappa shape index (κ2) is 8.44. The van der Waals surface area contributed by atoms with E-state index in [0.717, 1.165) is 46.2 Å². The molecule has 0 aliphatic heterocycles. The van der Waals surface area contributed by atoms with Gasteiger partial charge in [0.15, 0.2) is 0 Å². The molecule has 4 heteroatoms. The monoisotopic (exact) mass is 405 g/mol. The van der Waals surface area contributed by atoms with E-state index in [2.05, 4.69) is 45.6 Å². The number of carbonyl (C=O) groups is 1. The molecule has 0 radical (unpaired) electrons. The van der Waals surface area contributed by atoms with Crippen LogP contribution in [0.3, 0.4) is 0 Å². The van der Waals surface area contributed by atoms with Crippen molar-refractivity contribution in [2.45, 2.75) is 19.3 Å². The van der Waals surface area contributed by atoms with Gasteiger partial charge in [0.25, 0.3) is 0 Å². The van der Waals surface area contributed by atoms with Crippen LogP contribution in [0.25, 0.3) is 33.1 Å². The number of aromatic amines is 1. The number of hydrogen-bond acceptors (Lipinski definition) is 2. The van der Waals surface area contributed by atoms with E-state index >= 15 is 0 Å². The van der Waals surface area contributed by atoms with Crippen molar-refractivity contribution >= 4 is 33.3 Å². The van der Waals surface area contributed by atoms with Gasteiger partial charge in [0.1, 0.15) is 0 Å². The lowest BCUT2D eigenvalue weighted by Crippen LogP contribution is -2.11. The largest absolute Gasteiger partial charge is 0.353 e. The van der Waals surface area contributed by atoms with E-state index in [0.29, 0.717) is 6.42 Å². The summed E-state index contributed by atoms with van der Waals surface area (Å²) in [5.74, 6) is 0.0376. The maximum absolute atomic E-state index is 12.7. The highest BCUT2D eigenvalue weighted by molar-refractivity contribution is 6.02. The van der Waals surface area contributed by atoms with Gasteiger partial charge in [-0.2, -0.15) is 0 Å². The Bertz CT molecular complexity index is 1350. The fourth-order valence-corrected chi connectivity index (χ4v) is 4.16. The Hall–Kier alpha value is -3.92. The number of benzene rings is 3. The van der Waals surface area contributed by atoms with Crippen molar-refractivity contribution in [3.05, 3.63) is 96.7 Å². The van der Waals surface area contributed by atoms with Crippen LogP contribution in [0.4, 0.5) is 5.69 Å². The molecule has 0 fully saturated rings. The van der Waals surface area contributed by atoms with Gasteiger partial charge in [0.05, 0.1) is 11.4 Å². The van der Waals surface area contributed by atoms with Gasteiger partial charge in [-0.25, -0.2) is 0 Å². The van der Waals surface area contributed by atoms with E-state index in [-0.39, 0.29) is 5.91 Å². The van der Waals surface area contributed by atoms with Gasteiger partial charge in [-0.3, -0.25) is 9.78 Å². The number of aryl methyl sites for hydroxylation is 1. The molecule has 2 N–H and O–H groups in total. The number of carbonyl (C=O) groups excluding carboxylic acids is 1. The predicted octanol–water partition coefficient (Wildman–Crippen LogP) is 6.34. The number of aromatic nitrogens is 2. The van der Waals surface area contributed by atoms with Gasteiger partial charge < -0.3 is 10.3 Å². The van der Waals surface area contributed by atoms with Gasteiger partial charge in [-0.1, -0.05) is 60.7 Å². The van der Waals surface area contributed by atoms with E-state index in [9.17, 15) is 4.79 Å². The fourth-order valence-electron chi connectivity index (χ4n) is 4.16. The minimum atomic E-state index is 0.0376. The first-order chi connectivity index (χ1) is 15.3. The summed E-state index contributed by atoms with van der Waals surface area (Å²) in [5, 5.41) is 6.47. The van der Waals surface area contributed by atoms with Crippen LogP contribution in [0.15, 0.2) is 91.1 Å². The average Bonchev–Trinajstić information content (AvgIpc) is 3.19. The summed E-state index contributed by atoms with van der Waals surface area (Å²) in [5.41, 5.74) is 5.14. The first-order valence-corrected chi connectivity index (χ1v) is 10.6. The van der Waals surface area contributed by atoms with E-state index in [1.165, 1.54) is 10.9 Å². The molecule has 1 amide bonds. The van der Waals surface area contributed by atoms with Crippen molar-refractivity contribution < 1.29 is 4.79 Å². The topological polar surface area (TPSA) is 57.8 Å². The zero-order valence-corrected chi connectivity index (χ0v) is 17.1. The second-order valence-electron chi connectivity index (χ2n) is 7.67. The van der Waals surface area contributed by atoms with Crippen LogP contribution >= 0.6 is 0 Å². The van der Waals surface area contributed by atoms with Gasteiger partial charge in [0, 0.05) is 34.6 Å². The fraction of sp³-hybridized carbons (Fsp3) is 0.111. The predicted molar refractivity (Wildman–Crippen MR) is 127 cm³/mol. The number of fused-ring (bicyclic) bond motifs is 2. The van der Waals surface area contributed by atoms with E-state index < -0.39 is 0 Å². The van der Waals surface area contributed by atoms with E-state index in [1.54, 1.807) is 0 Å². The lowest BCUT2D eigenvalue weighted by atomic mass is 10.0. The number of para-hydroxylation sites is 1. The molecule has 0 spiro atoms. The minimum Gasteiger partial charge on any atom is -0.353 e. The molecule has 0 bridgehead atoms. The van der Waals surface area contributed by atoms with Crippen molar-refractivity contribution in [3.8, 4) is 11.4 Å². The molecule has 0 unspecified atom stereocenters.